The number of aliphatic hydroxyl groups excluding tert-OH is 1. The Hall–Kier alpha value is -3.87. The lowest BCUT2D eigenvalue weighted by Gasteiger charge is -2.35. The Labute approximate surface area is 241 Å². The zero-order valence-corrected chi connectivity index (χ0v) is 24.8. The molecule has 2 aromatic heterocycles. The van der Waals surface area contributed by atoms with E-state index in [9.17, 15) is 8.42 Å². The zero-order valence-electron chi connectivity index (χ0n) is 24.0. The molecule has 11 nitrogen and oxygen atoms in total. The fourth-order valence-corrected chi connectivity index (χ4v) is 5.60. The Bertz CT molecular complexity index is 1600. The van der Waals surface area contributed by atoms with Gasteiger partial charge in [0.1, 0.15) is 5.65 Å². The number of sulfonamides is 1. The second-order valence-electron chi connectivity index (χ2n) is 10.6. The number of rotatable bonds is 10. The molecular formula is C29H38N8O3S. The number of aromatic nitrogens is 3. The summed E-state index contributed by atoms with van der Waals surface area (Å²) in [6.07, 6.45) is 4.95. The van der Waals surface area contributed by atoms with Gasteiger partial charge in [-0.2, -0.15) is 4.98 Å². The lowest BCUT2D eigenvalue weighted by atomic mass is 10.1. The van der Waals surface area contributed by atoms with E-state index in [-0.39, 0.29) is 6.61 Å². The van der Waals surface area contributed by atoms with Gasteiger partial charge in [-0.25, -0.2) is 13.4 Å². The highest BCUT2D eigenvalue weighted by Crippen LogP contribution is 2.29. The third-order valence-corrected chi connectivity index (χ3v) is 8.73. The molecule has 12 heteroatoms. The molecule has 3 heterocycles. The number of fused-ring (bicyclic) bond motifs is 1. The summed E-state index contributed by atoms with van der Waals surface area (Å²) in [6, 6.07) is 16.0. The molecule has 0 spiro atoms. The van der Waals surface area contributed by atoms with Crippen LogP contribution in [0.3, 0.4) is 0 Å². The van der Waals surface area contributed by atoms with E-state index in [1.807, 2.05) is 66.2 Å². The van der Waals surface area contributed by atoms with Crippen molar-refractivity contribution in [2.75, 3.05) is 86.2 Å². The lowest BCUT2D eigenvalue weighted by Crippen LogP contribution is -2.47. The van der Waals surface area contributed by atoms with Crippen LogP contribution in [0.15, 0.2) is 60.9 Å². The van der Waals surface area contributed by atoms with E-state index in [2.05, 4.69) is 32.2 Å². The summed E-state index contributed by atoms with van der Waals surface area (Å²) in [4.78, 5) is 15.9. The minimum atomic E-state index is -3.43. The van der Waals surface area contributed by atoms with Crippen molar-refractivity contribution in [2.45, 2.75) is 6.54 Å². The molecule has 0 amide bonds. The van der Waals surface area contributed by atoms with E-state index in [1.54, 1.807) is 13.2 Å². The Morgan fingerprint density at radius 1 is 1.00 bits per heavy atom. The van der Waals surface area contributed by atoms with Gasteiger partial charge in [0.25, 0.3) is 0 Å². The average Bonchev–Trinajstić information content (AvgIpc) is 3.35. The summed E-state index contributed by atoms with van der Waals surface area (Å²) in [5.74, 6) is 0.485. The number of anilines is 5. The van der Waals surface area contributed by atoms with E-state index in [1.165, 1.54) is 16.2 Å². The quantitative estimate of drug-likeness (QED) is 0.294. The molecule has 0 radical (unpaired) electrons. The molecule has 41 heavy (non-hydrogen) atoms. The van der Waals surface area contributed by atoms with E-state index in [4.69, 9.17) is 10.1 Å². The van der Waals surface area contributed by atoms with Crippen LogP contribution >= 0.6 is 0 Å². The first-order chi connectivity index (χ1) is 19.6. The molecule has 1 aliphatic heterocycles. The van der Waals surface area contributed by atoms with Crippen LogP contribution in [0, 0.1) is 0 Å². The fourth-order valence-electron chi connectivity index (χ4n) is 5.06. The number of benzene rings is 2. The first kappa shape index (κ1) is 28.7. The van der Waals surface area contributed by atoms with E-state index in [0.717, 1.165) is 60.7 Å². The third kappa shape index (κ3) is 6.55. The predicted molar refractivity (Wildman–Crippen MR) is 166 cm³/mol. The average molecular weight is 579 g/mol. The standard InChI is InChI=1S/C29H38N8O3S/c1-33(2)26-9-10-27(34(3)41(4,39)40)23(19-26)21-37-12-11-22-20-30-29(32-28(22)37)31-24-5-7-25(8-6-24)36-15-13-35(14-16-36)17-18-38/h5-12,19-20,38H,13-18,21H2,1-4H3,(H,30,31,32). The summed E-state index contributed by atoms with van der Waals surface area (Å²) in [6.45, 7) is 5.12. The molecule has 0 bridgehead atoms. The summed E-state index contributed by atoms with van der Waals surface area (Å²) < 4.78 is 28.0. The second kappa shape index (κ2) is 11.9. The first-order valence-corrected chi connectivity index (χ1v) is 15.5. The van der Waals surface area contributed by atoms with E-state index in [0.29, 0.717) is 18.2 Å². The van der Waals surface area contributed by atoms with Crippen LogP contribution in [-0.4, -0.2) is 99.7 Å². The highest BCUT2D eigenvalue weighted by Gasteiger charge is 2.19. The molecule has 0 saturated carbocycles. The molecule has 218 valence electrons. The molecule has 4 aromatic rings. The molecular weight excluding hydrogens is 540 g/mol. The van der Waals surface area contributed by atoms with Crippen molar-refractivity contribution in [3.63, 3.8) is 0 Å². The number of hydrogen-bond acceptors (Lipinski definition) is 9. The van der Waals surface area contributed by atoms with Crippen LogP contribution in [0.5, 0.6) is 0 Å². The molecule has 2 aromatic carbocycles. The van der Waals surface area contributed by atoms with Gasteiger partial charge in [0, 0.05) is 88.7 Å². The minimum Gasteiger partial charge on any atom is -0.395 e. The summed E-state index contributed by atoms with van der Waals surface area (Å²) >= 11 is 0. The van der Waals surface area contributed by atoms with Gasteiger partial charge < -0.3 is 24.8 Å². The van der Waals surface area contributed by atoms with Crippen molar-refractivity contribution >= 4 is 49.8 Å². The van der Waals surface area contributed by atoms with Crippen molar-refractivity contribution in [1.29, 1.82) is 0 Å². The maximum absolute atomic E-state index is 12.4. The monoisotopic (exact) mass is 578 g/mol. The SMILES string of the molecule is CN(C)c1ccc(N(C)S(C)(=O)=O)c(Cn2ccc3cnc(Nc4ccc(N5CCN(CCO)CC5)cc4)nc32)c1. The van der Waals surface area contributed by atoms with Gasteiger partial charge in [-0.05, 0) is 54.1 Å². The predicted octanol–water partition coefficient (Wildman–Crippen LogP) is 2.80. The Balaban J connectivity index is 1.35. The number of aliphatic hydroxyl groups is 1. The maximum Gasteiger partial charge on any atom is 0.232 e. The number of nitrogens with one attached hydrogen (secondary N) is 1. The van der Waals surface area contributed by atoms with Gasteiger partial charge >= 0.3 is 0 Å². The topological polar surface area (TPSA) is 110 Å². The highest BCUT2D eigenvalue weighted by atomic mass is 32.2. The van der Waals surface area contributed by atoms with Crippen molar-refractivity contribution in [3.8, 4) is 0 Å². The number of hydrogen-bond donors (Lipinski definition) is 2. The van der Waals surface area contributed by atoms with Crippen LogP contribution in [0.25, 0.3) is 11.0 Å². The summed E-state index contributed by atoms with van der Waals surface area (Å²) in [7, 11) is 2.06. The van der Waals surface area contributed by atoms with Gasteiger partial charge in [0.05, 0.1) is 25.1 Å². The Morgan fingerprint density at radius 2 is 1.73 bits per heavy atom. The molecule has 0 aliphatic carbocycles. The maximum atomic E-state index is 12.4. The summed E-state index contributed by atoms with van der Waals surface area (Å²) in [5, 5.41) is 13.4. The van der Waals surface area contributed by atoms with Crippen molar-refractivity contribution in [1.82, 2.24) is 19.4 Å². The van der Waals surface area contributed by atoms with Gasteiger partial charge in [0.15, 0.2) is 0 Å². The van der Waals surface area contributed by atoms with Crippen molar-refractivity contribution in [2.24, 2.45) is 0 Å². The molecule has 1 fully saturated rings. The molecule has 0 atom stereocenters. The Morgan fingerprint density at radius 3 is 2.39 bits per heavy atom. The third-order valence-electron chi connectivity index (χ3n) is 7.54. The van der Waals surface area contributed by atoms with E-state index >= 15 is 0 Å². The summed E-state index contributed by atoms with van der Waals surface area (Å²) in [5.41, 5.74) is 5.28. The van der Waals surface area contributed by atoms with Crippen LogP contribution in [-0.2, 0) is 16.6 Å². The smallest absolute Gasteiger partial charge is 0.232 e. The minimum absolute atomic E-state index is 0.199. The van der Waals surface area contributed by atoms with Crippen LogP contribution in [0.1, 0.15) is 5.56 Å². The first-order valence-electron chi connectivity index (χ1n) is 13.6. The lowest BCUT2D eigenvalue weighted by molar-refractivity contribution is 0.189. The van der Waals surface area contributed by atoms with Crippen LogP contribution in [0.4, 0.5) is 28.7 Å². The molecule has 2 N–H and O–H groups in total. The number of piperazine rings is 1. The Kier molecular flexibility index (Phi) is 8.34. The molecule has 0 unspecified atom stereocenters. The van der Waals surface area contributed by atoms with Gasteiger partial charge in [-0.1, -0.05) is 0 Å². The van der Waals surface area contributed by atoms with Gasteiger partial charge in [-0.3, -0.25) is 9.21 Å². The normalized spacial score (nSPS) is 14.4. The second-order valence-corrected chi connectivity index (χ2v) is 12.6. The zero-order chi connectivity index (χ0) is 29.1. The van der Waals surface area contributed by atoms with Crippen molar-refractivity contribution < 1.29 is 13.5 Å². The van der Waals surface area contributed by atoms with E-state index < -0.39 is 10.0 Å². The van der Waals surface area contributed by atoms with Gasteiger partial charge in [-0.15, -0.1) is 0 Å². The van der Waals surface area contributed by atoms with Crippen LogP contribution < -0.4 is 19.4 Å². The molecule has 1 aliphatic rings. The fraction of sp³-hybridized carbons (Fsp3) is 0.379. The van der Waals surface area contributed by atoms with Gasteiger partial charge in [0.2, 0.25) is 16.0 Å². The number of β-amino-alcohol motifs (C(OH)–C–C–N with tert-alkyl or cyclic N) is 1. The molecule has 5 rings (SSSR count). The highest BCUT2D eigenvalue weighted by molar-refractivity contribution is 7.92. The van der Waals surface area contributed by atoms with Crippen LogP contribution in [0.2, 0.25) is 0 Å². The largest absolute Gasteiger partial charge is 0.395 e. The molecule has 1 saturated heterocycles. The van der Waals surface area contributed by atoms with Crippen molar-refractivity contribution in [3.05, 3.63) is 66.5 Å². The number of nitrogens with zero attached hydrogens (tertiary/aromatic N) is 7.